The van der Waals surface area contributed by atoms with Crippen LogP contribution >= 0.6 is 0 Å². The summed E-state index contributed by atoms with van der Waals surface area (Å²) in [5, 5.41) is 3.12. The number of benzene rings is 1. The number of nitrogens with two attached hydrogens (primary N) is 1. The highest BCUT2D eigenvalue weighted by atomic mass is 16.1. The topological polar surface area (TPSA) is 55.1 Å². The van der Waals surface area contributed by atoms with Gasteiger partial charge in [0.15, 0.2) is 0 Å². The minimum absolute atomic E-state index is 0.0249. The van der Waals surface area contributed by atoms with Crippen molar-refractivity contribution in [3.05, 3.63) is 29.3 Å². The summed E-state index contributed by atoms with van der Waals surface area (Å²) in [5.74, 6) is -0.0249. The van der Waals surface area contributed by atoms with Gasteiger partial charge in [-0.3, -0.25) is 4.79 Å². The fourth-order valence-corrected chi connectivity index (χ4v) is 2.55. The third-order valence-corrected chi connectivity index (χ3v) is 3.64. The third-order valence-electron chi connectivity index (χ3n) is 3.64. The number of anilines is 1. The maximum atomic E-state index is 12.2. The van der Waals surface area contributed by atoms with Crippen LogP contribution in [0, 0.1) is 6.92 Å². The Balaban J connectivity index is 2.04. The number of hydrogen-bond donors (Lipinski definition) is 2. The van der Waals surface area contributed by atoms with Crippen molar-refractivity contribution in [1.82, 2.24) is 5.32 Å². The molecule has 0 aromatic heterocycles. The Labute approximate surface area is 109 Å². The van der Waals surface area contributed by atoms with Crippen LogP contribution in [0.25, 0.3) is 0 Å². The van der Waals surface area contributed by atoms with Gasteiger partial charge in [0, 0.05) is 11.7 Å². The van der Waals surface area contributed by atoms with Gasteiger partial charge in [-0.05, 0) is 31.9 Å². The normalized spacial score (nSPS) is 17.2. The molecule has 2 rings (SSSR count). The molecular weight excluding hydrogens is 224 g/mol. The van der Waals surface area contributed by atoms with Crippen LogP contribution in [0.1, 0.15) is 54.4 Å². The van der Waals surface area contributed by atoms with Gasteiger partial charge in [0.05, 0.1) is 5.56 Å². The van der Waals surface area contributed by atoms with Gasteiger partial charge in [-0.25, -0.2) is 0 Å². The Morgan fingerprint density at radius 2 is 1.89 bits per heavy atom. The summed E-state index contributed by atoms with van der Waals surface area (Å²) < 4.78 is 0. The van der Waals surface area contributed by atoms with Crippen molar-refractivity contribution in [3.63, 3.8) is 0 Å². The maximum absolute atomic E-state index is 12.2. The van der Waals surface area contributed by atoms with Crippen molar-refractivity contribution in [2.75, 3.05) is 5.73 Å². The lowest BCUT2D eigenvalue weighted by Crippen LogP contribution is -2.34. The molecule has 0 bridgehead atoms. The molecule has 1 aliphatic rings. The smallest absolute Gasteiger partial charge is 0.253 e. The molecule has 0 saturated heterocycles. The van der Waals surface area contributed by atoms with E-state index in [0.29, 0.717) is 17.3 Å². The standard InChI is InChI=1S/C15H22N2O/c1-11-8-9-14(16)13(10-11)15(18)17-12-6-4-2-3-5-7-12/h8-10,12H,2-7,16H2,1H3,(H,17,18). The number of aryl methyl sites for hydroxylation is 1. The minimum atomic E-state index is -0.0249. The molecule has 1 saturated carbocycles. The second-order valence-corrected chi connectivity index (χ2v) is 5.25. The van der Waals surface area contributed by atoms with Crippen molar-refractivity contribution in [3.8, 4) is 0 Å². The molecule has 1 fully saturated rings. The SMILES string of the molecule is Cc1ccc(N)c(C(=O)NC2CCCCCC2)c1. The van der Waals surface area contributed by atoms with E-state index in [2.05, 4.69) is 5.32 Å². The first-order chi connectivity index (χ1) is 8.66. The van der Waals surface area contributed by atoms with Crippen molar-refractivity contribution in [2.24, 2.45) is 0 Å². The zero-order chi connectivity index (χ0) is 13.0. The fraction of sp³-hybridized carbons (Fsp3) is 0.533. The molecule has 1 aliphatic carbocycles. The quantitative estimate of drug-likeness (QED) is 0.622. The zero-order valence-corrected chi connectivity index (χ0v) is 11.0. The van der Waals surface area contributed by atoms with Crippen molar-refractivity contribution >= 4 is 11.6 Å². The molecule has 0 spiro atoms. The Bertz CT molecular complexity index is 421. The lowest BCUT2D eigenvalue weighted by molar-refractivity contribution is 0.0934. The van der Waals surface area contributed by atoms with Crippen LogP contribution in [0.3, 0.4) is 0 Å². The van der Waals surface area contributed by atoms with E-state index in [1.54, 1.807) is 6.07 Å². The third kappa shape index (κ3) is 3.25. The molecule has 1 amide bonds. The van der Waals surface area contributed by atoms with Crippen LogP contribution in [0.5, 0.6) is 0 Å². The molecule has 3 heteroatoms. The molecule has 3 N–H and O–H groups in total. The molecule has 0 heterocycles. The van der Waals surface area contributed by atoms with Gasteiger partial charge in [-0.1, -0.05) is 37.3 Å². The van der Waals surface area contributed by atoms with Crippen LogP contribution in [0.4, 0.5) is 5.69 Å². The van der Waals surface area contributed by atoms with Gasteiger partial charge >= 0.3 is 0 Å². The van der Waals surface area contributed by atoms with E-state index in [-0.39, 0.29) is 5.91 Å². The van der Waals surface area contributed by atoms with E-state index >= 15 is 0 Å². The summed E-state index contributed by atoms with van der Waals surface area (Å²) in [6, 6.07) is 5.91. The van der Waals surface area contributed by atoms with Crippen LogP contribution in [-0.2, 0) is 0 Å². The summed E-state index contributed by atoms with van der Waals surface area (Å²) in [6.45, 7) is 1.97. The summed E-state index contributed by atoms with van der Waals surface area (Å²) in [4.78, 5) is 12.2. The van der Waals surface area contributed by atoms with E-state index < -0.39 is 0 Å². The lowest BCUT2D eigenvalue weighted by atomic mass is 10.1. The number of hydrogen-bond acceptors (Lipinski definition) is 2. The Morgan fingerprint density at radius 3 is 2.56 bits per heavy atom. The Morgan fingerprint density at radius 1 is 1.22 bits per heavy atom. The number of amides is 1. The minimum Gasteiger partial charge on any atom is -0.398 e. The van der Waals surface area contributed by atoms with Gasteiger partial charge in [-0.2, -0.15) is 0 Å². The first-order valence-electron chi connectivity index (χ1n) is 6.84. The zero-order valence-electron chi connectivity index (χ0n) is 11.0. The second-order valence-electron chi connectivity index (χ2n) is 5.25. The Hall–Kier alpha value is -1.51. The van der Waals surface area contributed by atoms with Gasteiger partial charge in [0.1, 0.15) is 0 Å². The highest BCUT2D eigenvalue weighted by molar-refractivity contribution is 5.99. The lowest BCUT2D eigenvalue weighted by Gasteiger charge is -2.17. The fourth-order valence-electron chi connectivity index (χ4n) is 2.55. The number of nitrogen functional groups attached to an aromatic ring is 1. The summed E-state index contributed by atoms with van der Waals surface area (Å²) >= 11 is 0. The van der Waals surface area contributed by atoms with Gasteiger partial charge in [-0.15, -0.1) is 0 Å². The molecule has 0 radical (unpaired) electrons. The highest BCUT2D eigenvalue weighted by Crippen LogP contribution is 2.19. The van der Waals surface area contributed by atoms with E-state index in [1.165, 1.54) is 25.7 Å². The number of carbonyl (C=O) groups is 1. The molecule has 0 atom stereocenters. The predicted octanol–water partition coefficient (Wildman–Crippen LogP) is 3.03. The number of carbonyl (C=O) groups excluding carboxylic acids is 1. The largest absolute Gasteiger partial charge is 0.398 e. The monoisotopic (exact) mass is 246 g/mol. The van der Waals surface area contributed by atoms with Crippen LogP contribution in [-0.4, -0.2) is 11.9 Å². The van der Waals surface area contributed by atoms with E-state index in [9.17, 15) is 4.79 Å². The molecule has 18 heavy (non-hydrogen) atoms. The average Bonchev–Trinajstić information content (AvgIpc) is 2.61. The summed E-state index contributed by atoms with van der Waals surface area (Å²) in [5.41, 5.74) is 8.10. The van der Waals surface area contributed by atoms with Gasteiger partial charge < -0.3 is 11.1 Å². The van der Waals surface area contributed by atoms with Crippen LogP contribution < -0.4 is 11.1 Å². The summed E-state index contributed by atoms with van der Waals surface area (Å²) in [6.07, 6.45) is 7.20. The highest BCUT2D eigenvalue weighted by Gasteiger charge is 2.17. The maximum Gasteiger partial charge on any atom is 0.253 e. The number of rotatable bonds is 2. The first-order valence-corrected chi connectivity index (χ1v) is 6.84. The van der Waals surface area contributed by atoms with Gasteiger partial charge in [0.25, 0.3) is 5.91 Å². The molecule has 1 aromatic carbocycles. The van der Waals surface area contributed by atoms with Crippen LogP contribution in [0.15, 0.2) is 18.2 Å². The first kappa shape index (κ1) is 12.9. The second kappa shape index (κ2) is 5.89. The molecule has 98 valence electrons. The van der Waals surface area contributed by atoms with Crippen molar-refractivity contribution < 1.29 is 4.79 Å². The molecule has 0 aliphatic heterocycles. The van der Waals surface area contributed by atoms with Crippen LogP contribution in [0.2, 0.25) is 0 Å². The van der Waals surface area contributed by atoms with E-state index in [4.69, 9.17) is 5.73 Å². The van der Waals surface area contributed by atoms with E-state index in [1.807, 2.05) is 19.1 Å². The summed E-state index contributed by atoms with van der Waals surface area (Å²) in [7, 11) is 0. The predicted molar refractivity (Wildman–Crippen MR) is 74.5 cm³/mol. The number of nitrogens with one attached hydrogen (secondary N) is 1. The van der Waals surface area contributed by atoms with Crippen molar-refractivity contribution in [1.29, 1.82) is 0 Å². The van der Waals surface area contributed by atoms with Gasteiger partial charge in [0.2, 0.25) is 0 Å². The molecule has 3 nitrogen and oxygen atoms in total. The molecular formula is C15H22N2O. The van der Waals surface area contributed by atoms with Crippen molar-refractivity contribution in [2.45, 2.75) is 51.5 Å². The average molecular weight is 246 g/mol. The Kier molecular flexibility index (Phi) is 4.24. The molecule has 0 unspecified atom stereocenters. The van der Waals surface area contributed by atoms with E-state index in [0.717, 1.165) is 18.4 Å². The molecule has 1 aromatic rings.